The van der Waals surface area contributed by atoms with Gasteiger partial charge in [0.25, 0.3) is 0 Å². The van der Waals surface area contributed by atoms with Crippen molar-refractivity contribution in [1.29, 1.82) is 0 Å². The van der Waals surface area contributed by atoms with E-state index in [1.54, 1.807) is 13.0 Å². The van der Waals surface area contributed by atoms with Crippen molar-refractivity contribution in [3.05, 3.63) is 11.8 Å². The van der Waals surface area contributed by atoms with Gasteiger partial charge in [-0.15, -0.1) is 0 Å². The minimum atomic E-state index is -0.227. The lowest BCUT2D eigenvalue weighted by Gasteiger charge is -2.21. The minimum absolute atomic E-state index is 0.145. The number of nitrogens with one attached hydrogen (secondary N) is 1. The third-order valence-electron chi connectivity index (χ3n) is 3.36. The van der Waals surface area contributed by atoms with Crippen LogP contribution in [-0.4, -0.2) is 48.2 Å². The van der Waals surface area contributed by atoms with Gasteiger partial charge in [0, 0.05) is 19.0 Å². The molecule has 1 aromatic heterocycles. The Morgan fingerprint density at radius 3 is 3.05 bits per heavy atom. The number of rotatable bonds is 5. The highest BCUT2D eigenvalue weighted by molar-refractivity contribution is 5.89. The SMILES string of the molecule is COC(=O)C1CCCN1CCC(=O)Nc1cc(C)on1. The molecule has 1 amide bonds. The lowest BCUT2D eigenvalue weighted by atomic mass is 10.2. The smallest absolute Gasteiger partial charge is 0.323 e. The zero-order valence-electron chi connectivity index (χ0n) is 11.7. The number of carbonyl (C=O) groups excluding carboxylic acids is 2. The third kappa shape index (κ3) is 3.57. The van der Waals surface area contributed by atoms with Crippen LogP contribution in [0.15, 0.2) is 10.6 Å². The fourth-order valence-electron chi connectivity index (χ4n) is 2.37. The summed E-state index contributed by atoms with van der Waals surface area (Å²) in [5, 5.41) is 6.36. The average molecular weight is 281 g/mol. The van der Waals surface area contributed by atoms with Gasteiger partial charge in [-0.1, -0.05) is 5.16 Å². The standard InChI is InChI=1S/C13H19N3O4/c1-9-8-11(15-20-9)14-12(17)5-7-16-6-3-4-10(16)13(18)19-2/h8,10H,3-7H2,1-2H3,(H,14,15,17). The summed E-state index contributed by atoms with van der Waals surface area (Å²) in [5.74, 6) is 0.688. The number of amides is 1. The van der Waals surface area contributed by atoms with E-state index in [4.69, 9.17) is 9.26 Å². The maximum atomic E-state index is 11.8. The Kier molecular flexibility index (Phi) is 4.73. The van der Waals surface area contributed by atoms with Crippen molar-refractivity contribution in [2.24, 2.45) is 0 Å². The molecule has 0 saturated carbocycles. The van der Waals surface area contributed by atoms with Gasteiger partial charge in [-0.3, -0.25) is 14.5 Å². The molecule has 1 aliphatic rings. The van der Waals surface area contributed by atoms with Crippen LogP contribution in [0.1, 0.15) is 25.0 Å². The molecule has 0 spiro atoms. The molecule has 1 unspecified atom stereocenters. The summed E-state index contributed by atoms with van der Waals surface area (Å²) in [4.78, 5) is 25.4. The fourth-order valence-corrected chi connectivity index (χ4v) is 2.37. The van der Waals surface area contributed by atoms with Crippen LogP contribution < -0.4 is 5.32 Å². The second-order valence-corrected chi connectivity index (χ2v) is 4.84. The van der Waals surface area contributed by atoms with Gasteiger partial charge in [-0.25, -0.2) is 0 Å². The van der Waals surface area contributed by atoms with E-state index in [1.807, 2.05) is 4.90 Å². The van der Waals surface area contributed by atoms with Crippen LogP contribution in [0.4, 0.5) is 5.82 Å². The summed E-state index contributed by atoms with van der Waals surface area (Å²) in [6.07, 6.45) is 2.04. The minimum Gasteiger partial charge on any atom is -0.468 e. The molecule has 2 heterocycles. The van der Waals surface area contributed by atoms with E-state index in [9.17, 15) is 9.59 Å². The maximum Gasteiger partial charge on any atom is 0.323 e. The number of anilines is 1. The normalized spacial score (nSPS) is 19.0. The largest absolute Gasteiger partial charge is 0.468 e. The predicted octanol–water partition coefficient (Wildman–Crippen LogP) is 0.949. The monoisotopic (exact) mass is 281 g/mol. The van der Waals surface area contributed by atoms with Gasteiger partial charge in [0.15, 0.2) is 5.82 Å². The van der Waals surface area contributed by atoms with E-state index >= 15 is 0 Å². The van der Waals surface area contributed by atoms with Crippen LogP contribution in [0.3, 0.4) is 0 Å². The van der Waals surface area contributed by atoms with E-state index in [1.165, 1.54) is 7.11 Å². The molecule has 0 aliphatic carbocycles. The number of hydrogen-bond acceptors (Lipinski definition) is 6. The highest BCUT2D eigenvalue weighted by Crippen LogP contribution is 2.18. The summed E-state index contributed by atoms with van der Waals surface area (Å²) in [6, 6.07) is 1.44. The molecule has 1 aliphatic heterocycles. The summed E-state index contributed by atoms with van der Waals surface area (Å²) in [6.45, 7) is 3.10. The summed E-state index contributed by atoms with van der Waals surface area (Å²) >= 11 is 0. The van der Waals surface area contributed by atoms with Gasteiger partial charge in [-0.05, 0) is 26.3 Å². The quantitative estimate of drug-likeness (QED) is 0.809. The Morgan fingerprint density at radius 2 is 2.40 bits per heavy atom. The Hall–Kier alpha value is -1.89. The van der Waals surface area contributed by atoms with Gasteiger partial charge in [0.05, 0.1) is 7.11 Å². The first-order valence-corrected chi connectivity index (χ1v) is 6.65. The molecule has 1 N–H and O–H groups in total. The first kappa shape index (κ1) is 14.5. The van der Waals surface area contributed by atoms with Gasteiger partial charge >= 0.3 is 5.97 Å². The Balaban J connectivity index is 1.79. The van der Waals surface area contributed by atoms with Crippen LogP contribution in [0.5, 0.6) is 0 Å². The van der Waals surface area contributed by atoms with Gasteiger partial charge in [-0.2, -0.15) is 0 Å². The summed E-state index contributed by atoms with van der Waals surface area (Å²) < 4.78 is 9.64. The fraction of sp³-hybridized carbons (Fsp3) is 0.615. The van der Waals surface area contributed by atoms with Crippen LogP contribution >= 0.6 is 0 Å². The predicted molar refractivity (Wildman–Crippen MR) is 71.1 cm³/mol. The summed E-state index contributed by atoms with van der Waals surface area (Å²) in [5.41, 5.74) is 0. The third-order valence-corrected chi connectivity index (χ3v) is 3.36. The second-order valence-electron chi connectivity index (χ2n) is 4.84. The molecule has 1 saturated heterocycles. The number of nitrogens with zero attached hydrogens (tertiary/aromatic N) is 2. The number of hydrogen-bond donors (Lipinski definition) is 1. The van der Waals surface area contributed by atoms with Crippen LogP contribution in [0, 0.1) is 6.92 Å². The molecule has 1 atom stereocenters. The Morgan fingerprint density at radius 1 is 1.60 bits per heavy atom. The second kappa shape index (κ2) is 6.51. The lowest BCUT2D eigenvalue weighted by molar-refractivity contribution is -0.146. The van der Waals surface area contributed by atoms with Crippen molar-refractivity contribution < 1.29 is 18.8 Å². The van der Waals surface area contributed by atoms with E-state index in [2.05, 4.69) is 10.5 Å². The van der Waals surface area contributed by atoms with Gasteiger partial charge < -0.3 is 14.6 Å². The summed E-state index contributed by atoms with van der Waals surface area (Å²) in [7, 11) is 1.39. The maximum absolute atomic E-state index is 11.8. The average Bonchev–Trinajstić information content (AvgIpc) is 3.04. The Labute approximate surface area is 117 Å². The molecule has 0 aromatic carbocycles. The van der Waals surface area contributed by atoms with Gasteiger partial charge in [0.1, 0.15) is 11.8 Å². The highest BCUT2D eigenvalue weighted by Gasteiger charge is 2.31. The molecular weight excluding hydrogens is 262 g/mol. The zero-order chi connectivity index (χ0) is 14.5. The van der Waals surface area contributed by atoms with Gasteiger partial charge in [0.2, 0.25) is 5.91 Å². The molecule has 7 nitrogen and oxygen atoms in total. The topological polar surface area (TPSA) is 84.7 Å². The number of likely N-dealkylation sites (tertiary alicyclic amines) is 1. The van der Waals surface area contributed by atoms with E-state index in [-0.39, 0.29) is 17.9 Å². The van der Waals surface area contributed by atoms with E-state index < -0.39 is 0 Å². The van der Waals surface area contributed by atoms with E-state index in [0.717, 1.165) is 19.4 Å². The van der Waals surface area contributed by atoms with Crippen LogP contribution in [0.2, 0.25) is 0 Å². The van der Waals surface area contributed by atoms with Crippen molar-refractivity contribution >= 4 is 17.7 Å². The zero-order valence-corrected chi connectivity index (χ0v) is 11.7. The molecule has 0 radical (unpaired) electrons. The first-order chi connectivity index (χ1) is 9.60. The van der Waals surface area contributed by atoms with Crippen molar-refractivity contribution in [1.82, 2.24) is 10.1 Å². The molecule has 2 rings (SSSR count). The van der Waals surface area contributed by atoms with Crippen molar-refractivity contribution in [3.63, 3.8) is 0 Å². The van der Waals surface area contributed by atoms with Crippen molar-refractivity contribution in [2.45, 2.75) is 32.2 Å². The van der Waals surface area contributed by atoms with Crippen molar-refractivity contribution in [3.8, 4) is 0 Å². The highest BCUT2D eigenvalue weighted by atomic mass is 16.5. The molecule has 7 heteroatoms. The molecular formula is C13H19N3O4. The number of ether oxygens (including phenoxy) is 1. The Bertz CT molecular complexity index is 486. The number of aryl methyl sites for hydroxylation is 1. The number of methoxy groups -OCH3 is 1. The molecule has 110 valence electrons. The lowest BCUT2D eigenvalue weighted by Crippen LogP contribution is -2.38. The number of aromatic nitrogens is 1. The molecule has 20 heavy (non-hydrogen) atoms. The molecule has 1 aromatic rings. The first-order valence-electron chi connectivity index (χ1n) is 6.65. The van der Waals surface area contributed by atoms with Crippen molar-refractivity contribution in [2.75, 3.05) is 25.5 Å². The molecule has 1 fully saturated rings. The van der Waals surface area contributed by atoms with Crippen LogP contribution in [-0.2, 0) is 14.3 Å². The van der Waals surface area contributed by atoms with E-state index in [0.29, 0.717) is 24.5 Å². The van der Waals surface area contributed by atoms with Crippen LogP contribution in [0.25, 0.3) is 0 Å². The number of esters is 1. The molecule has 0 bridgehead atoms. The number of carbonyl (C=O) groups is 2.